The van der Waals surface area contributed by atoms with E-state index in [9.17, 15) is 0 Å². The van der Waals surface area contributed by atoms with Gasteiger partial charge >= 0.3 is 0 Å². The molecule has 2 aliphatic carbocycles. The van der Waals surface area contributed by atoms with Crippen LogP contribution in [-0.2, 0) is 5.41 Å². The number of hydrogen-bond acceptors (Lipinski definition) is 4. The third-order valence-electron chi connectivity index (χ3n) is 10.8. The van der Waals surface area contributed by atoms with E-state index in [0.717, 1.165) is 27.8 Å². The van der Waals surface area contributed by atoms with Crippen molar-refractivity contribution in [3.8, 4) is 66.9 Å². The SMILES string of the molecule is c1ccc(-c2cccc(-c3nc(-c4ccccc4)nc(-c4cccc5c4-c4sc6ccccc6c4C54c5ccccc5-c5ccccc54)n3)c2)cc1. The average Bonchev–Trinajstić information content (AvgIpc) is 3.85. The summed E-state index contributed by atoms with van der Waals surface area (Å²) in [6.45, 7) is 0. The van der Waals surface area contributed by atoms with Crippen LogP contribution in [0, 0.1) is 0 Å². The van der Waals surface area contributed by atoms with Crippen molar-refractivity contribution in [2.45, 2.75) is 5.41 Å². The van der Waals surface area contributed by atoms with E-state index in [0.29, 0.717) is 17.5 Å². The summed E-state index contributed by atoms with van der Waals surface area (Å²) < 4.78 is 1.29. The van der Waals surface area contributed by atoms with Gasteiger partial charge in [-0.25, -0.2) is 15.0 Å². The summed E-state index contributed by atoms with van der Waals surface area (Å²) in [4.78, 5) is 17.0. The van der Waals surface area contributed by atoms with Crippen molar-refractivity contribution in [3.05, 3.63) is 198 Å². The molecule has 0 aliphatic heterocycles. The van der Waals surface area contributed by atoms with Crippen molar-refractivity contribution >= 4 is 21.4 Å². The van der Waals surface area contributed by atoms with E-state index < -0.39 is 5.41 Å². The van der Waals surface area contributed by atoms with Crippen LogP contribution in [-0.4, -0.2) is 15.0 Å². The van der Waals surface area contributed by atoms with Crippen LogP contribution < -0.4 is 0 Å². The van der Waals surface area contributed by atoms with Crippen LogP contribution in [0.2, 0.25) is 0 Å². The second-order valence-corrected chi connectivity index (χ2v) is 14.5. The van der Waals surface area contributed by atoms with E-state index in [2.05, 4.69) is 152 Å². The van der Waals surface area contributed by atoms with Crippen molar-refractivity contribution < 1.29 is 0 Å². The normalized spacial score (nSPS) is 13.2. The molecule has 0 saturated carbocycles. The Hall–Kier alpha value is -6.49. The van der Waals surface area contributed by atoms with Crippen LogP contribution >= 0.6 is 11.3 Å². The Balaban J connectivity index is 1.21. The predicted molar refractivity (Wildman–Crippen MR) is 213 cm³/mol. The van der Waals surface area contributed by atoms with E-state index in [1.165, 1.54) is 53.9 Å². The first-order valence-electron chi connectivity index (χ1n) is 17.6. The van der Waals surface area contributed by atoms with Gasteiger partial charge < -0.3 is 0 Å². The van der Waals surface area contributed by atoms with Crippen LogP contribution in [0.15, 0.2) is 176 Å². The molecule has 0 radical (unpaired) electrons. The molecule has 0 amide bonds. The van der Waals surface area contributed by atoms with Crippen LogP contribution in [0.5, 0.6) is 0 Å². The lowest BCUT2D eigenvalue weighted by molar-refractivity contribution is 0.802. The minimum absolute atomic E-state index is 0.463. The molecule has 7 aromatic carbocycles. The lowest BCUT2D eigenvalue weighted by Crippen LogP contribution is -2.25. The van der Waals surface area contributed by atoms with E-state index in [1.54, 1.807) is 0 Å². The first-order chi connectivity index (χ1) is 25.8. The van der Waals surface area contributed by atoms with Crippen LogP contribution in [0.1, 0.15) is 22.3 Å². The highest BCUT2D eigenvalue weighted by molar-refractivity contribution is 7.22. The lowest BCUT2D eigenvalue weighted by Gasteiger charge is -2.30. The topological polar surface area (TPSA) is 38.7 Å². The molecule has 0 fully saturated rings. The van der Waals surface area contributed by atoms with E-state index >= 15 is 0 Å². The Morgan fingerprint density at radius 1 is 0.385 bits per heavy atom. The molecular formula is C48H29N3S. The molecule has 2 aromatic heterocycles. The van der Waals surface area contributed by atoms with Crippen molar-refractivity contribution in [2.24, 2.45) is 0 Å². The second kappa shape index (κ2) is 11.3. The molecule has 11 rings (SSSR count). The third kappa shape index (κ3) is 4.10. The maximum atomic E-state index is 5.32. The maximum Gasteiger partial charge on any atom is 0.164 e. The zero-order valence-corrected chi connectivity index (χ0v) is 28.8. The van der Waals surface area contributed by atoms with Gasteiger partial charge in [-0.3, -0.25) is 0 Å². The number of thiophene rings is 1. The molecule has 1 spiro atoms. The van der Waals surface area contributed by atoms with Gasteiger partial charge in [0.05, 0.1) is 5.41 Å². The molecule has 0 atom stereocenters. The molecule has 0 unspecified atom stereocenters. The molecule has 0 N–H and O–H groups in total. The summed E-state index contributed by atoms with van der Waals surface area (Å²) in [5, 5.41) is 1.30. The molecule has 0 saturated heterocycles. The number of aromatic nitrogens is 3. The molecule has 0 bridgehead atoms. The quantitative estimate of drug-likeness (QED) is 0.186. The highest BCUT2D eigenvalue weighted by atomic mass is 32.1. The fourth-order valence-electron chi connectivity index (χ4n) is 8.63. The monoisotopic (exact) mass is 679 g/mol. The molecule has 2 heterocycles. The Morgan fingerprint density at radius 3 is 1.65 bits per heavy atom. The Bertz CT molecular complexity index is 2810. The first kappa shape index (κ1) is 29.3. The van der Waals surface area contributed by atoms with E-state index in [1.807, 2.05) is 35.6 Å². The average molecular weight is 680 g/mol. The maximum absolute atomic E-state index is 5.32. The van der Waals surface area contributed by atoms with Crippen LogP contribution in [0.25, 0.3) is 76.9 Å². The standard InChI is InChI=1S/C48H29N3S/c1-3-15-30(16-4-1)32-19-13-20-33(29-32)46-49-45(31-17-5-2-6-18-31)50-47(51-46)37-24-14-27-40-42(37)44-43(36-23-9-12-28-41(36)52-44)48(40)38-25-10-7-21-34(38)35-22-8-11-26-39(35)48/h1-29H. The van der Waals surface area contributed by atoms with Crippen molar-refractivity contribution in [2.75, 3.05) is 0 Å². The highest BCUT2D eigenvalue weighted by Gasteiger charge is 2.54. The highest BCUT2D eigenvalue weighted by Crippen LogP contribution is 2.67. The smallest absolute Gasteiger partial charge is 0.164 e. The summed E-state index contributed by atoms with van der Waals surface area (Å²) in [7, 11) is 0. The van der Waals surface area contributed by atoms with Crippen LogP contribution in [0.3, 0.4) is 0 Å². The fourth-order valence-corrected chi connectivity index (χ4v) is 9.96. The number of benzene rings is 7. The molecule has 2 aliphatic rings. The number of fused-ring (bicyclic) bond motifs is 12. The fraction of sp³-hybridized carbons (Fsp3) is 0.0208. The summed E-state index contributed by atoms with van der Waals surface area (Å²) >= 11 is 1.88. The molecule has 3 nitrogen and oxygen atoms in total. The minimum Gasteiger partial charge on any atom is -0.208 e. The summed E-state index contributed by atoms with van der Waals surface area (Å²) in [5.41, 5.74) is 13.8. The zero-order chi connectivity index (χ0) is 34.2. The minimum atomic E-state index is -0.463. The van der Waals surface area contributed by atoms with E-state index in [4.69, 9.17) is 15.0 Å². The van der Waals surface area contributed by atoms with Gasteiger partial charge in [-0.05, 0) is 62.0 Å². The molecule has 242 valence electrons. The van der Waals surface area contributed by atoms with Crippen molar-refractivity contribution in [1.82, 2.24) is 15.0 Å². The van der Waals surface area contributed by atoms with Crippen LogP contribution in [0.4, 0.5) is 0 Å². The van der Waals surface area contributed by atoms with Gasteiger partial charge in [-0.1, -0.05) is 164 Å². The van der Waals surface area contributed by atoms with Crippen molar-refractivity contribution in [3.63, 3.8) is 0 Å². The predicted octanol–water partition coefficient (Wildman–Crippen LogP) is 12.1. The third-order valence-corrected chi connectivity index (χ3v) is 11.9. The largest absolute Gasteiger partial charge is 0.208 e. The number of rotatable bonds is 4. The molecular weight excluding hydrogens is 651 g/mol. The van der Waals surface area contributed by atoms with Gasteiger partial charge in [0.25, 0.3) is 0 Å². The molecule has 52 heavy (non-hydrogen) atoms. The molecule has 4 heteroatoms. The van der Waals surface area contributed by atoms with Gasteiger partial charge in [0, 0.05) is 31.8 Å². The second-order valence-electron chi connectivity index (χ2n) is 13.5. The summed E-state index contributed by atoms with van der Waals surface area (Å²) in [5.74, 6) is 1.98. The van der Waals surface area contributed by atoms with E-state index in [-0.39, 0.29) is 0 Å². The summed E-state index contributed by atoms with van der Waals surface area (Å²) in [6.07, 6.45) is 0. The van der Waals surface area contributed by atoms with Gasteiger partial charge in [0.1, 0.15) is 0 Å². The first-order valence-corrected chi connectivity index (χ1v) is 18.4. The summed E-state index contributed by atoms with van der Waals surface area (Å²) in [6, 6.07) is 62.8. The van der Waals surface area contributed by atoms with Gasteiger partial charge in [-0.15, -0.1) is 11.3 Å². The van der Waals surface area contributed by atoms with Gasteiger partial charge in [0.2, 0.25) is 0 Å². The van der Waals surface area contributed by atoms with Gasteiger partial charge in [-0.2, -0.15) is 0 Å². The number of nitrogens with zero attached hydrogens (tertiary/aromatic N) is 3. The lowest BCUT2D eigenvalue weighted by atomic mass is 9.70. The Morgan fingerprint density at radius 2 is 0.904 bits per heavy atom. The van der Waals surface area contributed by atoms with Gasteiger partial charge in [0.15, 0.2) is 17.5 Å². The Kier molecular flexibility index (Phi) is 6.34. The van der Waals surface area contributed by atoms with Crippen molar-refractivity contribution in [1.29, 1.82) is 0 Å². The number of hydrogen-bond donors (Lipinski definition) is 0. The molecule has 9 aromatic rings. The Labute approximate surface area is 305 Å². The zero-order valence-electron chi connectivity index (χ0n) is 28.0.